The zero-order chi connectivity index (χ0) is 32.2. The molecule has 5 nitrogen and oxygen atoms in total. The van der Waals surface area contributed by atoms with Crippen LogP contribution in [-0.4, -0.2) is 24.1 Å². The van der Waals surface area contributed by atoms with E-state index in [1.165, 1.54) is 54.8 Å². The summed E-state index contributed by atoms with van der Waals surface area (Å²) in [6.45, 7) is 2.19. The number of para-hydroxylation sites is 2. The fraction of sp³-hybridized carbons (Fsp3) is 0.0227. The number of benzene rings is 7. The minimum Gasteiger partial charge on any atom is -0.309 e. The lowest BCUT2D eigenvalue weighted by Crippen LogP contribution is -1.98. The second-order valence-corrected chi connectivity index (χ2v) is 12.9. The van der Waals surface area contributed by atoms with Crippen molar-refractivity contribution in [1.82, 2.24) is 24.1 Å². The summed E-state index contributed by atoms with van der Waals surface area (Å²) >= 11 is 0. The van der Waals surface area contributed by atoms with E-state index in [9.17, 15) is 0 Å². The fourth-order valence-corrected chi connectivity index (χ4v) is 8.09. The summed E-state index contributed by atoms with van der Waals surface area (Å²) in [7, 11) is 0. The zero-order valence-corrected chi connectivity index (χ0v) is 26.6. The molecule has 0 amide bonds. The normalized spacial score (nSPS) is 12.2. The van der Waals surface area contributed by atoms with Gasteiger partial charge in [0.2, 0.25) is 0 Å². The quantitative estimate of drug-likeness (QED) is 0.196. The molecule has 49 heavy (non-hydrogen) atoms. The molecule has 0 aliphatic heterocycles. The van der Waals surface area contributed by atoms with Crippen molar-refractivity contribution in [2.75, 3.05) is 0 Å². The molecule has 10 aromatic rings. The Labute approximate surface area is 281 Å². The molecule has 0 spiro atoms. The van der Waals surface area contributed by atoms with E-state index in [2.05, 4.69) is 121 Å². The van der Waals surface area contributed by atoms with Crippen LogP contribution in [0.3, 0.4) is 0 Å². The van der Waals surface area contributed by atoms with Crippen molar-refractivity contribution in [3.63, 3.8) is 0 Å². The highest BCUT2D eigenvalue weighted by molar-refractivity contribution is 6.30. The molecule has 0 atom stereocenters. The Bertz CT molecular complexity index is 3000. The van der Waals surface area contributed by atoms with E-state index in [4.69, 9.17) is 15.1 Å². The van der Waals surface area contributed by atoms with Crippen molar-refractivity contribution >= 4 is 49.3 Å². The van der Waals surface area contributed by atoms with E-state index in [0.717, 1.165) is 44.8 Å². The Kier molecular flexibility index (Phi) is 5.25. The second-order valence-electron chi connectivity index (χ2n) is 12.9. The van der Waals surface area contributed by atoms with Gasteiger partial charge in [-0.3, -0.25) is 0 Å². The maximum Gasteiger partial charge on any atom is 0.182 e. The third-order valence-electron chi connectivity index (χ3n) is 10.2. The summed E-state index contributed by atoms with van der Waals surface area (Å²) < 4.78 is 4.39. The first-order valence-corrected chi connectivity index (χ1v) is 16.6. The molecule has 0 saturated heterocycles. The first kappa shape index (κ1) is 26.5. The number of aromatic nitrogens is 5. The summed E-state index contributed by atoms with van der Waals surface area (Å²) in [6, 6.07) is 51.8. The molecule has 228 valence electrons. The predicted molar refractivity (Wildman–Crippen MR) is 200 cm³/mol. The van der Waals surface area contributed by atoms with E-state index in [0.29, 0.717) is 5.82 Å². The first-order chi connectivity index (χ1) is 24.2. The van der Waals surface area contributed by atoms with Crippen molar-refractivity contribution < 1.29 is 0 Å². The third kappa shape index (κ3) is 3.61. The lowest BCUT2D eigenvalue weighted by Gasteiger charge is -2.15. The average Bonchev–Trinajstić information content (AvgIpc) is 3.72. The summed E-state index contributed by atoms with van der Waals surface area (Å²) in [5, 5.41) is 10.3. The van der Waals surface area contributed by atoms with Crippen LogP contribution in [0.4, 0.5) is 0 Å². The lowest BCUT2D eigenvalue weighted by molar-refractivity contribution is 1.00. The summed E-state index contributed by atoms with van der Waals surface area (Å²) in [4.78, 5) is 10.1. The first-order valence-electron chi connectivity index (χ1n) is 16.6. The molecular weight excluding hydrogens is 599 g/mol. The van der Waals surface area contributed by atoms with Gasteiger partial charge in [0.1, 0.15) is 5.69 Å². The molecule has 0 bridgehead atoms. The molecule has 0 N–H and O–H groups in total. The fourth-order valence-electron chi connectivity index (χ4n) is 8.09. The van der Waals surface area contributed by atoms with Crippen molar-refractivity contribution in [3.05, 3.63) is 151 Å². The third-order valence-corrected chi connectivity index (χ3v) is 10.2. The summed E-state index contributed by atoms with van der Waals surface area (Å²) in [6.07, 6.45) is 0. The lowest BCUT2D eigenvalue weighted by atomic mass is 9.93. The van der Waals surface area contributed by atoms with E-state index in [1.807, 2.05) is 40.9 Å². The zero-order valence-electron chi connectivity index (χ0n) is 26.6. The predicted octanol–water partition coefficient (Wildman–Crippen LogP) is 10.8. The van der Waals surface area contributed by atoms with Crippen molar-refractivity contribution in [1.29, 1.82) is 0 Å². The number of hydrogen-bond donors (Lipinski definition) is 0. The Morgan fingerprint density at radius 1 is 0.490 bits per heavy atom. The van der Waals surface area contributed by atoms with Gasteiger partial charge in [-0.2, -0.15) is 0 Å². The SMILES string of the molecule is Cc1cc(-c2nc3c(-c4ccccc4)nc4ccccc4n3n2)ccc1-n1c2cccc3c2c2c4c(cccc4ccc21)-c1ccccc1-3. The van der Waals surface area contributed by atoms with Crippen LogP contribution in [0.2, 0.25) is 0 Å². The van der Waals surface area contributed by atoms with Crippen LogP contribution in [0.5, 0.6) is 0 Å². The highest BCUT2D eigenvalue weighted by atomic mass is 15.3. The number of hydrogen-bond acceptors (Lipinski definition) is 3. The van der Waals surface area contributed by atoms with Crippen molar-refractivity contribution in [2.24, 2.45) is 0 Å². The van der Waals surface area contributed by atoms with Crippen molar-refractivity contribution in [3.8, 4) is 50.6 Å². The number of nitrogens with zero attached hydrogens (tertiary/aromatic N) is 5. The van der Waals surface area contributed by atoms with Gasteiger partial charge in [0, 0.05) is 27.6 Å². The smallest absolute Gasteiger partial charge is 0.182 e. The largest absolute Gasteiger partial charge is 0.309 e. The standard InChI is InChI=1S/C44H27N5/c1-26-25-29(43-46-44-42(28-11-3-2-4-12-28)45-34-18-7-8-19-36(34)49(44)47-43)22-23-35(26)48-37-20-10-17-33-31-15-6-5-14-30(31)32-16-9-13-27-21-24-38(48)41(39(27)32)40(33)37/h2-25H,1H3. The molecule has 0 fully saturated rings. The Morgan fingerprint density at radius 2 is 1.18 bits per heavy atom. The maximum absolute atomic E-state index is 5.11. The molecule has 7 aromatic carbocycles. The Morgan fingerprint density at radius 3 is 2.02 bits per heavy atom. The van der Waals surface area contributed by atoms with Gasteiger partial charge in [0.25, 0.3) is 0 Å². The molecule has 0 unspecified atom stereocenters. The van der Waals surface area contributed by atoms with Gasteiger partial charge >= 0.3 is 0 Å². The van der Waals surface area contributed by atoms with E-state index >= 15 is 0 Å². The van der Waals surface area contributed by atoms with Crippen LogP contribution in [0.15, 0.2) is 146 Å². The van der Waals surface area contributed by atoms with Gasteiger partial charge in [0.15, 0.2) is 11.5 Å². The molecule has 0 saturated carbocycles. The Hall–Kier alpha value is -6.59. The minimum atomic E-state index is 0.677. The molecule has 1 aliphatic carbocycles. The molecule has 3 heterocycles. The molecule has 11 rings (SSSR count). The highest BCUT2D eigenvalue weighted by Gasteiger charge is 2.25. The number of fused-ring (bicyclic) bond motifs is 6. The molecule has 3 aromatic heterocycles. The molecular formula is C44H27N5. The monoisotopic (exact) mass is 625 g/mol. The van der Waals surface area contributed by atoms with Gasteiger partial charge < -0.3 is 4.57 Å². The Balaban J connectivity index is 1.15. The van der Waals surface area contributed by atoms with Gasteiger partial charge in [-0.15, -0.1) is 5.10 Å². The molecule has 5 heteroatoms. The van der Waals surface area contributed by atoms with Crippen LogP contribution in [-0.2, 0) is 0 Å². The van der Waals surface area contributed by atoms with Crippen molar-refractivity contribution in [2.45, 2.75) is 6.92 Å². The van der Waals surface area contributed by atoms with E-state index < -0.39 is 0 Å². The van der Waals surface area contributed by atoms with Crippen LogP contribution in [0.25, 0.3) is 99.8 Å². The van der Waals surface area contributed by atoms with Crippen LogP contribution >= 0.6 is 0 Å². The maximum atomic E-state index is 5.11. The van der Waals surface area contributed by atoms with Gasteiger partial charge in [0.05, 0.1) is 22.1 Å². The number of aryl methyl sites for hydroxylation is 1. The van der Waals surface area contributed by atoms with Crippen LogP contribution < -0.4 is 0 Å². The summed E-state index contributed by atoms with van der Waals surface area (Å²) in [5.41, 5.74) is 15.2. The van der Waals surface area contributed by atoms with Gasteiger partial charge in [-0.25, -0.2) is 14.5 Å². The molecule has 1 aliphatic rings. The van der Waals surface area contributed by atoms with Gasteiger partial charge in [-0.05, 0) is 88.0 Å². The minimum absolute atomic E-state index is 0.677. The van der Waals surface area contributed by atoms with Crippen LogP contribution in [0.1, 0.15) is 5.56 Å². The average molecular weight is 626 g/mol. The van der Waals surface area contributed by atoms with Crippen LogP contribution in [0, 0.1) is 6.92 Å². The topological polar surface area (TPSA) is 48.0 Å². The van der Waals surface area contributed by atoms with Gasteiger partial charge in [-0.1, -0.05) is 103 Å². The van der Waals surface area contributed by atoms with E-state index in [1.54, 1.807) is 0 Å². The summed E-state index contributed by atoms with van der Waals surface area (Å²) in [5.74, 6) is 0.677. The van der Waals surface area contributed by atoms with E-state index in [-0.39, 0.29) is 0 Å². The molecule has 0 radical (unpaired) electrons. The highest BCUT2D eigenvalue weighted by Crippen LogP contribution is 2.49. The second kappa shape index (κ2) is 9.72. The number of rotatable bonds is 3.